The molecule has 0 saturated heterocycles. The zero-order chi connectivity index (χ0) is 23.9. The molecule has 0 aliphatic heterocycles. The second kappa shape index (κ2) is 10.6. The van der Waals surface area contributed by atoms with Gasteiger partial charge in [0.15, 0.2) is 6.29 Å². The van der Waals surface area contributed by atoms with Gasteiger partial charge in [0.1, 0.15) is 5.75 Å². The fraction of sp³-hybridized carbons (Fsp3) is 0.179. The van der Waals surface area contributed by atoms with Gasteiger partial charge in [-0.25, -0.2) is 9.59 Å². The summed E-state index contributed by atoms with van der Waals surface area (Å²) in [6.07, 6.45) is 2.61. The number of hydrogen-bond donors (Lipinski definition) is 0. The number of esters is 2. The third-order valence-corrected chi connectivity index (χ3v) is 5.51. The van der Waals surface area contributed by atoms with Crippen molar-refractivity contribution in [1.29, 1.82) is 0 Å². The van der Waals surface area contributed by atoms with E-state index in [0.717, 1.165) is 35.6 Å². The lowest BCUT2D eigenvalue weighted by atomic mass is 10.1. The number of unbranched alkanes of at least 4 members (excludes halogenated alkanes) is 1. The van der Waals surface area contributed by atoms with Crippen LogP contribution in [0.4, 0.5) is 0 Å². The summed E-state index contributed by atoms with van der Waals surface area (Å²) < 4.78 is 12.6. The molecule has 6 nitrogen and oxygen atoms in total. The monoisotopic (exact) mass is 455 g/mol. The first-order valence-corrected chi connectivity index (χ1v) is 11.2. The molecule has 0 unspecified atom stereocenters. The molecule has 0 atom stereocenters. The Morgan fingerprint density at radius 1 is 0.882 bits per heavy atom. The second-order valence-corrected chi connectivity index (χ2v) is 7.94. The number of aromatic nitrogens is 1. The van der Waals surface area contributed by atoms with Crippen molar-refractivity contribution >= 4 is 29.1 Å². The first-order chi connectivity index (χ1) is 16.6. The van der Waals surface area contributed by atoms with Gasteiger partial charge in [-0.2, -0.15) is 0 Å². The Morgan fingerprint density at radius 3 is 2.32 bits per heavy atom. The van der Waals surface area contributed by atoms with Gasteiger partial charge in [0.05, 0.1) is 23.4 Å². The Kier molecular flexibility index (Phi) is 7.18. The molecule has 0 spiro atoms. The van der Waals surface area contributed by atoms with Crippen molar-refractivity contribution in [2.24, 2.45) is 0 Å². The predicted octanol–water partition coefficient (Wildman–Crippen LogP) is 5.68. The lowest BCUT2D eigenvalue weighted by molar-refractivity contribution is 0.0499. The normalized spacial score (nSPS) is 10.7. The fourth-order valence-corrected chi connectivity index (χ4v) is 3.67. The van der Waals surface area contributed by atoms with E-state index in [0.29, 0.717) is 35.7 Å². The van der Waals surface area contributed by atoms with Crippen molar-refractivity contribution in [3.05, 3.63) is 101 Å². The van der Waals surface area contributed by atoms with Gasteiger partial charge in [-0.1, -0.05) is 43.7 Å². The zero-order valence-electron chi connectivity index (χ0n) is 18.9. The Morgan fingerprint density at radius 2 is 1.62 bits per heavy atom. The minimum atomic E-state index is -0.441. The average Bonchev–Trinajstić information content (AvgIpc) is 3.21. The van der Waals surface area contributed by atoms with Crippen LogP contribution in [0.1, 0.15) is 56.5 Å². The van der Waals surface area contributed by atoms with E-state index in [9.17, 15) is 14.4 Å². The maximum atomic E-state index is 12.4. The molecule has 4 rings (SSSR count). The van der Waals surface area contributed by atoms with Crippen LogP contribution in [0.2, 0.25) is 0 Å². The lowest BCUT2D eigenvalue weighted by Crippen LogP contribution is -2.08. The van der Waals surface area contributed by atoms with Crippen LogP contribution in [0, 0.1) is 0 Å². The van der Waals surface area contributed by atoms with Crippen molar-refractivity contribution in [1.82, 2.24) is 4.57 Å². The third kappa shape index (κ3) is 5.23. The molecule has 3 aromatic carbocycles. The van der Waals surface area contributed by atoms with Crippen LogP contribution in [0.25, 0.3) is 10.9 Å². The molecule has 172 valence electrons. The van der Waals surface area contributed by atoms with Crippen LogP contribution in [-0.4, -0.2) is 29.4 Å². The van der Waals surface area contributed by atoms with Crippen molar-refractivity contribution in [2.75, 3.05) is 6.61 Å². The first kappa shape index (κ1) is 23.0. The van der Waals surface area contributed by atoms with E-state index in [-0.39, 0.29) is 5.97 Å². The smallest absolute Gasteiger partial charge is 0.343 e. The zero-order valence-corrected chi connectivity index (χ0v) is 18.9. The standard InChI is InChI=1S/C28H25NO5/c1-2-3-15-33-27(31)22-11-9-20(10-12-22)18-29-24(19-30)16-23-17-25(13-14-26(23)29)34-28(32)21-7-5-4-6-8-21/h4-14,16-17,19H,2-3,15,18H2,1H3. The van der Waals surface area contributed by atoms with Gasteiger partial charge in [0, 0.05) is 17.4 Å². The summed E-state index contributed by atoms with van der Waals surface area (Å²) in [6.45, 7) is 2.91. The van der Waals surface area contributed by atoms with E-state index in [2.05, 4.69) is 0 Å². The van der Waals surface area contributed by atoms with Crippen LogP contribution in [0.15, 0.2) is 78.9 Å². The van der Waals surface area contributed by atoms with E-state index >= 15 is 0 Å². The molecule has 0 N–H and O–H groups in total. The molecule has 4 aromatic rings. The third-order valence-electron chi connectivity index (χ3n) is 5.51. The summed E-state index contributed by atoms with van der Waals surface area (Å²) in [6, 6.07) is 23.0. The van der Waals surface area contributed by atoms with E-state index in [1.807, 2.05) is 35.8 Å². The van der Waals surface area contributed by atoms with Gasteiger partial charge in [-0.15, -0.1) is 0 Å². The van der Waals surface area contributed by atoms with E-state index in [1.54, 1.807) is 54.6 Å². The predicted molar refractivity (Wildman–Crippen MR) is 129 cm³/mol. The Labute approximate surface area is 197 Å². The molecule has 0 aliphatic rings. The number of carbonyl (C=O) groups excluding carboxylic acids is 3. The van der Waals surface area contributed by atoms with Crippen molar-refractivity contribution in [3.8, 4) is 5.75 Å². The molecule has 34 heavy (non-hydrogen) atoms. The molecule has 0 bridgehead atoms. The molecule has 0 radical (unpaired) electrons. The van der Waals surface area contributed by atoms with Crippen molar-refractivity contribution in [2.45, 2.75) is 26.3 Å². The van der Waals surface area contributed by atoms with Gasteiger partial charge in [-0.05, 0) is 60.5 Å². The molecule has 0 amide bonds. The summed E-state index contributed by atoms with van der Waals surface area (Å²) in [7, 11) is 0. The number of carbonyl (C=O) groups is 3. The van der Waals surface area contributed by atoms with Crippen molar-refractivity contribution < 1.29 is 23.9 Å². The number of fused-ring (bicyclic) bond motifs is 1. The van der Waals surface area contributed by atoms with Crippen LogP contribution >= 0.6 is 0 Å². The Balaban J connectivity index is 1.52. The Bertz CT molecular complexity index is 1310. The highest BCUT2D eigenvalue weighted by Gasteiger charge is 2.13. The quantitative estimate of drug-likeness (QED) is 0.141. The van der Waals surface area contributed by atoms with Crippen LogP contribution in [0.3, 0.4) is 0 Å². The lowest BCUT2D eigenvalue weighted by Gasteiger charge is -2.10. The number of ether oxygens (including phenoxy) is 2. The molecule has 1 heterocycles. The van der Waals surface area contributed by atoms with Gasteiger partial charge >= 0.3 is 11.9 Å². The number of benzene rings is 3. The Hall–Kier alpha value is -4.19. The molecule has 0 fully saturated rings. The number of hydrogen-bond acceptors (Lipinski definition) is 5. The highest BCUT2D eigenvalue weighted by atomic mass is 16.5. The largest absolute Gasteiger partial charge is 0.462 e. The molecule has 0 aliphatic carbocycles. The van der Waals surface area contributed by atoms with Gasteiger partial charge < -0.3 is 14.0 Å². The van der Waals surface area contributed by atoms with Gasteiger partial charge in [0.25, 0.3) is 0 Å². The maximum Gasteiger partial charge on any atom is 0.343 e. The first-order valence-electron chi connectivity index (χ1n) is 11.2. The number of aldehydes is 1. The van der Waals surface area contributed by atoms with E-state index in [1.165, 1.54) is 0 Å². The SMILES string of the molecule is CCCCOC(=O)c1ccc(Cn2c(C=O)cc3cc(OC(=O)c4ccccc4)ccc32)cc1. The fourth-order valence-electron chi connectivity index (χ4n) is 3.67. The highest BCUT2D eigenvalue weighted by molar-refractivity contribution is 5.93. The topological polar surface area (TPSA) is 74.6 Å². The summed E-state index contributed by atoms with van der Waals surface area (Å²) >= 11 is 0. The minimum absolute atomic E-state index is 0.336. The molecule has 0 saturated carbocycles. The summed E-state index contributed by atoms with van der Waals surface area (Å²) in [5.41, 5.74) is 3.24. The van der Waals surface area contributed by atoms with Crippen LogP contribution < -0.4 is 4.74 Å². The average molecular weight is 456 g/mol. The summed E-state index contributed by atoms with van der Waals surface area (Å²) in [5, 5.41) is 0.789. The molecular formula is C28H25NO5. The summed E-state index contributed by atoms with van der Waals surface area (Å²) in [5.74, 6) is -0.372. The van der Waals surface area contributed by atoms with Gasteiger partial charge in [0.2, 0.25) is 0 Å². The van der Waals surface area contributed by atoms with E-state index in [4.69, 9.17) is 9.47 Å². The summed E-state index contributed by atoms with van der Waals surface area (Å²) in [4.78, 5) is 36.2. The molecule has 6 heteroatoms. The van der Waals surface area contributed by atoms with E-state index < -0.39 is 5.97 Å². The number of nitrogens with zero attached hydrogens (tertiary/aromatic N) is 1. The van der Waals surface area contributed by atoms with Crippen LogP contribution in [0.5, 0.6) is 5.75 Å². The van der Waals surface area contributed by atoms with Gasteiger partial charge in [-0.3, -0.25) is 4.79 Å². The maximum absolute atomic E-state index is 12.4. The number of rotatable bonds is 9. The molecule has 1 aromatic heterocycles. The molecular weight excluding hydrogens is 430 g/mol. The minimum Gasteiger partial charge on any atom is -0.462 e. The van der Waals surface area contributed by atoms with Crippen molar-refractivity contribution in [3.63, 3.8) is 0 Å². The van der Waals surface area contributed by atoms with Crippen LogP contribution in [-0.2, 0) is 11.3 Å². The highest BCUT2D eigenvalue weighted by Crippen LogP contribution is 2.26. The second-order valence-electron chi connectivity index (χ2n) is 7.94.